The first-order chi connectivity index (χ1) is 8.04. The zero-order valence-electron chi connectivity index (χ0n) is 8.38. The number of rotatable bonds is 1. The lowest BCUT2D eigenvalue weighted by Crippen LogP contribution is -2.33. The number of hydrazine groups is 1. The summed E-state index contributed by atoms with van der Waals surface area (Å²) in [6.45, 7) is 0. The number of aromatic nitrogens is 1. The fourth-order valence-corrected chi connectivity index (χ4v) is 2.09. The molecule has 0 saturated carbocycles. The fraction of sp³-hybridized carbons (Fsp3) is 0. The van der Waals surface area contributed by atoms with Gasteiger partial charge in [0, 0.05) is 11.2 Å². The number of nitrogens with one attached hydrogen (secondary N) is 2. The number of hydrogen-bond donors (Lipinski definition) is 3. The van der Waals surface area contributed by atoms with Gasteiger partial charge in [0.1, 0.15) is 5.56 Å². The smallest absolute Gasteiger partial charge is 0.270 e. The maximum absolute atomic E-state index is 12.0. The van der Waals surface area contributed by atoms with Crippen molar-refractivity contribution in [2.75, 3.05) is 0 Å². The van der Waals surface area contributed by atoms with E-state index in [1.165, 1.54) is 12.3 Å². The molecule has 1 heterocycles. The number of carbonyl (C=O) groups excluding carboxylic acids is 1. The maximum Gasteiger partial charge on any atom is 0.270 e. The topological polar surface area (TPSA) is 88.0 Å². The zero-order valence-corrected chi connectivity index (χ0v) is 9.89. The van der Waals surface area contributed by atoms with E-state index in [9.17, 15) is 9.59 Å². The minimum Gasteiger partial charge on any atom is -0.360 e. The van der Waals surface area contributed by atoms with Crippen LogP contribution in [0, 0.1) is 0 Å². The molecule has 0 atom stereocenters. The van der Waals surface area contributed by atoms with E-state index < -0.39 is 11.3 Å². The first-order valence-electron chi connectivity index (χ1n) is 4.56. The number of fused-ring (bicyclic) bond motifs is 1. The zero-order chi connectivity index (χ0) is 12.6. The largest absolute Gasteiger partial charge is 0.360 e. The molecule has 1 aromatic heterocycles. The molecule has 0 fully saturated rings. The normalized spacial score (nSPS) is 10.5. The van der Waals surface area contributed by atoms with Crippen molar-refractivity contribution in [1.29, 1.82) is 0 Å². The molecule has 0 aliphatic carbocycles. The quantitative estimate of drug-likeness (QED) is 0.417. The molecular formula is C10H7Cl2N3O2. The number of carbonyl (C=O) groups is 1. The van der Waals surface area contributed by atoms with Gasteiger partial charge in [-0.3, -0.25) is 15.0 Å². The predicted molar refractivity (Wildman–Crippen MR) is 66.2 cm³/mol. The number of pyridine rings is 1. The Labute approximate surface area is 105 Å². The number of nitrogen functional groups attached to an aromatic ring is 1. The number of hydrogen-bond acceptors (Lipinski definition) is 3. The molecule has 0 spiro atoms. The Morgan fingerprint density at radius 3 is 2.71 bits per heavy atom. The van der Waals surface area contributed by atoms with Crippen molar-refractivity contribution < 1.29 is 4.79 Å². The van der Waals surface area contributed by atoms with Crippen LogP contribution < -0.4 is 16.7 Å². The summed E-state index contributed by atoms with van der Waals surface area (Å²) >= 11 is 11.7. The van der Waals surface area contributed by atoms with Crippen LogP contribution in [0.4, 0.5) is 0 Å². The highest BCUT2D eigenvalue weighted by molar-refractivity contribution is 6.38. The highest BCUT2D eigenvalue weighted by Crippen LogP contribution is 2.24. The number of nitrogens with two attached hydrogens (primary N) is 1. The van der Waals surface area contributed by atoms with Gasteiger partial charge in [-0.2, -0.15) is 0 Å². The number of H-pyrrole nitrogens is 1. The Morgan fingerprint density at radius 1 is 1.35 bits per heavy atom. The van der Waals surface area contributed by atoms with Crippen LogP contribution in [-0.2, 0) is 0 Å². The van der Waals surface area contributed by atoms with Crippen molar-refractivity contribution in [2.24, 2.45) is 5.84 Å². The van der Waals surface area contributed by atoms with Crippen LogP contribution in [0.3, 0.4) is 0 Å². The molecule has 4 N–H and O–H groups in total. The van der Waals surface area contributed by atoms with Gasteiger partial charge >= 0.3 is 0 Å². The van der Waals surface area contributed by atoms with E-state index >= 15 is 0 Å². The molecule has 88 valence electrons. The Hall–Kier alpha value is -1.56. The summed E-state index contributed by atoms with van der Waals surface area (Å²) in [7, 11) is 0. The van der Waals surface area contributed by atoms with Gasteiger partial charge in [-0.05, 0) is 12.1 Å². The van der Waals surface area contributed by atoms with E-state index in [0.717, 1.165) is 0 Å². The van der Waals surface area contributed by atoms with Crippen molar-refractivity contribution in [2.45, 2.75) is 0 Å². The Balaban J connectivity index is 2.85. The minimum absolute atomic E-state index is 0.107. The highest BCUT2D eigenvalue weighted by atomic mass is 35.5. The third kappa shape index (κ3) is 2.00. The van der Waals surface area contributed by atoms with Crippen LogP contribution >= 0.6 is 23.2 Å². The molecule has 1 amide bonds. The Morgan fingerprint density at radius 2 is 2.06 bits per heavy atom. The van der Waals surface area contributed by atoms with Gasteiger partial charge in [0.15, 0.2) is 0 Å². The van der Waals surface area contributed by atoms with E-state index in [1.807, 2.05) is 5.43 Å². The van der Waals surface area contributed by atoms with Gasteiger partial charge in [-0.25, -0.2) is 5.84 Å². The molecular weight excluding hydrogens is 265 g/mol. The second-order valence-corrected chi connectivity index (χ2v) is 4.16. The van der Waals surface area contributed by atoms with Crippen molar-refractivity contribution in [1.82, 2.24) is 10.4 Å². The van der Waals surface area contributed by atoms with Crippen molar-refractivity contribution in [3.8, 4) is 0 Å². The van der Waals surface area contributed by atoms with Gasteiger partial charge in [-0.15, -0.1) is 0 Å². The molecule has 0 radical (unpaired) electrons. The molecule has 0 aliphatic rings. The van der Waals surface area contributed by atoms with Crippen molar-refractivity contribution in [3.63, 3.8) is 0 Å². The number of amides is 1. The van der Waals surface area contributed by atoms with Crippen LogP contribution in [0.15, 0.2) is 23.1 Å². The lowest BCUT2D eigenvalue weighted by molar-refractivity contribution is 0.0952. The molecule has 0 saturated heterocycles. The minimum atomic E-state index is -0.681. The van der Waals surface area contributed by atoms with E-state index in [0.29, 0.717) is 10.5 Å². The van der Waals surface area contributed by atoms with Crippen LogP contribution in [0.5, 0.6) is 0 Å². The summed E-state index contributed by atoms with van der Waals surface area (Å²) in [6.07, 6.45) is 1.26. The molecule has 0 bridgehead atoms. The van der Waals surface area contributed by atoms with E-state index in [2.05, 4.69) is 4.98 Å². The second kappa shape index (κ2) is 4.37. The van der Waals surface area contributed by atoms with Crippen LogP contribution in [0.25, 0.3) is 10.9 Å². The Bertz CT molecular complexity index is 666. The summed E-state index contributed by atoms with van der Waals surface area (Å²) < 4.78 is 0. The molecule has 2 aromatic rings. The molecule has 17 heavy (non-hydrogen) atoms. The summed E-state index contributed by atoms with van der Waals surface area (Å²) in [5.74, 6) is 4.29. The third-order valence-electron chi connectivity index (χ3n) is 2.27. The summed E-state index contributed by atoms with van der Waals surface area (Å²) in [6, 6.07) is 2.99. The van der Waals surface area contributed by atoms with E-state index in [-0.39, 0.29) is 16.0 Å². The maximum atomic E-state index is 12.0. The third-order valence-corrected chi connectivity index (χ3v) is 2.79. The number of aromatic amines is 1. The van der Waals surface area contributed by atoms with E-state index in [4.69, 9.17) is 29.0 Å². The van der Waals surface area contributed by atoms with Gasteiger partial charge < -0.3 is 4.98 Å². The first-order valence-corrected chi connectivity index (χ1v) is 5.31. The summed E-state index contributed by atoms with van der Waals surface area (Å²) in [5, 5.41) is 0.784. The average molecular weight is 272 g/mol. The van der Waals surface area contributed by atoms with Crippen LogP contribution in [0.2, 0.25) is 10.0 Å². The summed E-state index contributed by atoms with van der Waals surface area (Å²) in [5.41, 5.74) is 1.74. The van der Waals surface area contributed by atoms with Crippen molar-refractivity contribution >= 4 is 40.0 Å². The Kier molecular flexibility index (Phi) is 3.06. The van der Waals surface area contributed by atoms with Gasteiger partial charge in [0.25, 0.3) is 5.91 Å². The molecule has 1 aromatic carbocycles. The number of halogens is 2. The van der Waals surface area contributed by atoms with E-state index in [1.54, 1.807) is 6.07 Å². The van der Waals surface area contributed by atoms with Crippen LogP contribution in [0.1, 0.15) is 10.4 Å². The highest BCUT2D eigenvalue weighted by Gasteiger charge is 2.14. The van der Waals surface area contributed by atoms with Gasteiger partial charge in [0.05, 0.1) is 15.9 Å². The van der Waals surface area contributed by atoms with Crippen LogP contribution in [-0.4, -0.2) is 10.9 Å². The van der Waals surface area contributed by atoms with Gasteiger partial charge in [0.2, 0.25) is 5.43 Å². The summed E-state index contributed by atoms with van der Waals surface area (Å²) in [4.78, 5) is 26.1. The SMILES string of the molecule is NNC(=O)c1c[nH]c2cc(Cl)cc(Cl)c2c1=O. The molecule has 0 aliphatic heterocycles. The lowest BCUT2D eigenvalue weighted by atomic mass is 10.1. The molecule has 0 unspecified atom stereocenters. The molecule has 5 nitrogen and oxygen atoms in total. The monoisotopic (exact) mass is 271 g/mol. The van der Waals surface area contributed by atoms with Gasteiger partial charge in [-0.1, -0.05) is 23.2 Å². The molecule has 2 rings (SSSR count). The second-order valence-electron chi connectivity index (χ2n) is 3.32. The first kappa shape index (κ1) is 11.9. The predicted octanol–water partition coefficient (Wildman–Crippen LogP) is 1.44. The fourth-order valence-electron chi connectivity index (χ4n) is 1.51. The molecule has 7 heteroatoms. The average Bonchev–Trinajstić information content (AvgIpc) is 2.27. The lowest BCUT2D eigenvalue weighted by Gasteiger charge is -2.04. The van der Waals surface area contributed by atoms with Crippen molar-refractivity contribution in [3.05, 3.63) is 44.2 Å². The standard InChI is InChI=1S/C10H7Cl2N3O2/c11-4-1-6(12)8-7(2-4)14-3-5(9(8)16)10(17)15-13/h1-3H,13H2,(H,14,16)(H,15,17). The number of benzene rings is 1.